The maximum Gasteiger partial charge on any atom is 0.336 e. The Morgan fingerprint density at radius 2 is 1.64 bits per heavy atom. The van der Waals surface area contributed by atoms with E-state index in [1.807, 2.05) is 31.2 Å². The van der Waals surface area contributed by atoms with Gasteiger partial charge in [0.25, 0.3) is 11.5 Å². The molecule has 1 aromatic heterocycles. The standard InChI is InChI=1S/C31H26FN3O4/c1-20-7-9-21(10-8-20)18-33-29(36)22-11-16-26-28(17-22)34(19-23-5-3-4-6-27(23)32)31(38)35(30(26)37)24-12-14-25(39-2)15-13-24/h3-17H,18-19H2,1-2H3,(H,33,36). The fourth-order valence-electron chi connectivity index (χ4n) is 4.41. The van der Waals surface area contributed by atoms with Crippen molar-refractivity contribution < 1.29 is 13.9 Å². The summed E-state index contributed by atoms with van der Waals surface area (Å²) in [6.45, 7) is 2.17. The van der Waals surface area contributed by atoms with Crippen LogP contribution in [-0.2, 0) is 13.1 Å². The van der Waals surface area contributed by atoms with Gasteiger partial charge in [-0.25, -0.2) is 13.8 Å². The normalized spacial score (nSPS) is 10.9. The lowest BCUT2D eigenvalue weighted by Crippen LogP contribution is -2.39. The molecule has 196 valence electrons. The number of amides is 1. The number of aromatic nitrogens is 2. The summed E-state index contributed by atoms with van der Waals surface area (Å²) in [7, 11) is 1.52. The van der Waals surface area contributed by atoms with E-state index in [0.29, 0.717) is 18.0 Å². The first-order chi connectivity index (χ1) is 18.9. The van der Waals surface area contributed by atoms with Crippen LogP contribution in [0.4, 0.5) is 4.39 Å². The Hall–Kier alpha value is -4.98. The number of nitrogens with one attached hydrogen (secondary N) is 1. The Labute approximate surface area is 223 Å². The minimum Gasteiger partial charge on any atom is -0.497 e. The summed E-state index contributed by atoms with van der Waals surface area (Å²) in [6, 6.07) is 25.0. The molecule has 1 heterocycles. The summed E-state index contributed by atoms with van der Waals surface area (Å²) in [5.74, 6) is -0.269. The molecule has 39 heavy (non-hydrogen) atoms. The van der Waals surface area contributed by atoms with Crippen molar-refractivity contribution in [3.63, 3.8) is 0 Å². The van der Waals surface area contributed by atoms with E-state index in [2.05, 4.69) is 5.32 Å². The van der Waals surface area contributed by atoms with Crippen LogP contribution < -0.4 is 21.3 Å². The second-order valence-electron chi connectivity index (χ2n) is 9.20. The molecule has 1 amide bonds. The van der Waals surface area contributed by atoms with E-state index in [1.165, 1.54) is 29.9 Å². The average Bonchev–Trinajstić information content (AvgIpc) is 2.96. The van der Waals surface area contributed by atoms with Gasteiger partial charge in [-0.15, -0.1) is 0 Å². The van der Waals surface area contributed by atoms with Gasteiger partial charge in [-0.1, -0.05) is 48.0 Å². The highest BCUT2D eigenvalue weighted by atomic mass is 19.1. The summed E-state index contributed by atoms with van der Waals surface area (Å²) in [4.78, 5) is 40.3. The van der Waals surface area contributed by atoms with E-state index in [1.54, 1.807) is 48.5 Å². The second kappa shape index (κ2) is 10.8. The van der Waals surface area contributed by atoms with Crippen LogP contribution in [0.2, 0.25) is 0 Å². The molecule has 0 fully saturated rings. The van der Waals surface area contributed by atoms with Crippen LogP contribution >= 0.6 is 0 Å². The van der Waals surface area contributed by atoms with Gasteiger partial charge in [-0.05, 0) is 61.0 Å². The fourth-order valence-corrected chi connectivity index (χ4v) is 4.41. The maximum atomic E-state index is 14.6. The van der Waals surface area contributed by atoms with Crippen LogP contribution in [-0.4, -0.2) is 22.2 Å². The molecule has 0 aliphatic rings. The molecule has 0 saturated carbocycles. The molecule has 0 aliphatic heterocycles. The summed E-state index contributed by atoms with van der Waals surface area (Å²) in [5.41, 5.74) is 1.99. The number of methoxy groups -OCH3 is 1. The Morgan fingerprint density at radius 1 is 0.923 bits per heavy atom. The highest BCUT2D eigenvalue weighted by Gasteiger charge is 2.18. The zero-order chi connectivity index (χ0) is 27.5. The van der Waals surface area contributed by atoms with Gasteiger partial charge in [0.15, 0.2) is 0 Å². The molecule has 0 saturated heterocycles. The van der Waals surface area contributed by atoms with Gasteiger partial charge in [0.1, 0.15) is 11.6 Å². The quantitative estimate of drug-likeness (QED) is 0.338. The number of rotatable bonds is 7. The van der Waals surface area contributed by atoms with Crippen LogP contribution in [0.5, 0.6) is 5.75 Å². The Morgan fingerprint density at radius 3 is 2.33 bits per heavy atom. The largest absolute Gasteiger partial charge is 0.497 e. The van der Waals surface area contributed by atoms with Crippen LogP contribution in [0.1, 0.15) is 27.0 Å². The van der Waals surface area contributed by atoms with Crippen LogP contribution in [0.15, 0.2) is 101 Å². The van der Waals surface area contributed by atoms with Crippen LogP contribution in [0.3, 0.4) is 0 Å². The topological polar surface area (TPSA) is 82.3 Å². The number of halogens is 1. The molecule has 7 nitrogen and oxygen atoms in total. The third-order valence-electron chi connectivity index (χ3n) is 6.60. The van der Waals surface area contributed by atoms with Crippen LogP contribution in [0, 0.1) is 12.7 Å². The van der Waals surface area contributed by atoms with Crippen LogP contribution in [0.25, 0.3) is 16.6 Å². The van der Waals surface area contributed by atoms with Crippen molar-refractivity contribution in [2.45, 2.75) is 20.0 Å². The van der Waals surface area contributed by atoms with Crippen molar-refractivity contribution in [2.24, 2.45) is 0 Å². The first-order valence-electron chi connectivity index (χ1n) is 12.4. The number of carbonyl (C=O) groups excluding carboxylic acids is 1. The molecular formula is C31H26FN3O4. The molecule has 1 N–H and O–H groups in total. The van der Waals surface area contributed by atoms with Crippen molar-refractivity contribution in [2.75, 3.05) is 7.11 Å². The second-order valence-corrected chi connectivity index (χ2v) is 9.20. The van der Waals surface area contributed by atoms with E-state index in [9.17, 15) is 18.8 Å². The molecule has 0 bridgehead atoms. The minimum absolute atomic E-state index is 0.132. The molecule has 8 heteroatoms. The first-order valence-corrected chi connectivity index (χ1v) is 12.4. The number of aryl methyl sites for hydroxylation is 1. The summed E-state index contributed by atoms with van der Waals surface area (Å²) < 4.78 is 22.2. The minimum atomic E-state index is -0.655. The predicted molar refractivity (Wildman–Crippen MR) is 148 cm³/mol. The highest BCUT2D eigenvalue weighted by Crippen LogP contribution is 2.18. The number of benzene rings is 4. The number of fused-ring (bicyclic) bond motifs is 1. The Balaban J connectivity index is 1.62. The number of nitrogens with zero attached hydrogens (tertiary/aromatic N) is 2. The molecule has 5 rings (SSSR count). The number of ether oxygens (including phenoxy) is 1. The van der Waals surface area contributed by atoms with Gasteiger partial charge in [0.2, 0.25) is 0 Å². The fraction of sp³-hybridized carbons (Fsp3) is 0.129. The molecule has 5 aromatic rings. The van der Waals surface area contributed by atoms with Gasteiger partial charge in [-0.3, -0.25) is 14.2 Å². The lowest BCUT2D eigenvalue weighted by atomic mass is 10.1. The van der Waals surface area contributed by atoms with E-state index < -0.39 is 17.1 Å². The van der Waals surface area contributed by atoms with E-state index in [4.69, 9.17) is 4.74 Å². The lowest BCUT2D eigenvalue weighted by Gasteiger charge is -2.16. The van der Waals surface area contributed by atoms with Gasteiger partial charge >= 0.3 is 5.69 Å². The highest BCUT2D eigenvalue weighted by molar-refractivity contribution is 5.97. The molecule has 0 unspecified atom stereocenters. The van der Waals surface area contributed by atoms with Crippen molar-refractivity contribution in [3.8, 4) is 11.4 Å². The lowest BCUT2D eigenvalue weighted by molar-refractivity contribution is 0.0951. The molecule has 4 aromatic carbocycles. The third kappa shape index (κ3) is 5.22. The summed E-state index contributed by atoms with van der Waals surface area (Å²) in [5, 5.41) is 3.09. The van der Waals surface area contributed by atoms with Crippen molar-refractivity contribution >= 4 is 16.8 Å². The SMILES string of the molecule is COc1ccc(-n2c(=O)c3ccc(C(=O)NCc4ccc(C)cc4)cc3n(Cc3ccccc3F)c2=O)cc1. The van der Waals surface area contributed by atoms with E-state index >= 15 is 0 Å². The van der Waals surface area contributed by atoms with E-state index in [-0.39, 0.29) is 34.5 Å². The van der Waals surface area contributed by atoms with E-state index in [0.717, 1.165) is 15.7 Å². The molecular weight excluding hydrogens is 497 g/mol. The zero-order valence-corrected chi connectivity index (χ0v) is 21.5. The number of hydrogen-bond acceptors (Lipinski definition) is 4. The molecule has 0 atom stereocenters. The maximum absolute atomic E-state index is 14.6. The Bertz CT molecular complexity index is 1790. The van der Waals surface area contributed by atoms with Crippen molar-refractivity contribution in [1.82, 2.24) is 14.5 Å². The molecule has 0 spiro atoms. The number of carbonyl (C=O) groups is 1. The summed E-state index contributed by atoms with van der Waals surface area (Å²) >= 11 is 0. The molecule has 0 aliphatic carbocycles. The van der Waals surface area contributed by atoms with Gasteiger partial charge < -0.3 is 10.1 Å². The number of hydrogen-bond donors (Lipinski definition) is 1. The zero-order valence-electron chi connectivity index (χ0n) is 21.5. The van der Waals surface area contributed by atoms with Gasteiger partial charge in [-0.2, -0.15) is 0 Å². The smallest absolute Gasteiger partial charge is 0.336 e. The van der Waals surface area contributed by atoms with Gasteiger partial charge in [0, 0.05) is 17.7 Å². The summed E-state index contributed by atoms with van der Waals surface area (Å²) in [6.07, 6.45) is 0. The monoisotopic (exact) mass is 523 g/mol. The molecule has 0 radical (unpaired) electrons. The Kier molecular flexibility index (Phi) is 7.10. The first kappa shape index (κ1) is 25.7. The van der Waals surface area contributed by atoms with Crippen molar-refractivity contribution in [1.29, 1.82) is 0 Å². The average molecular weight is 524 g/mol. The van der Waals surface area contributed by atoms with Crippen molar-refractivity contribution in [3.05, 3.63) is 140 Å². The predicted octanol–water partition coefficient (Wildman–Crippen LogP) is 4.59. The van der Waals surface area contributed by atoms with Gasteiger partial charge in [0.05, 0.1) is 30.2 Å². The third-order valence-corrected chi connectivity index (χ3v) is 6.60.